The van der Waals surface area contributed by atoms with E-state index in [9.17, 15) is 0 Å². The van der Waals surface area contributed by atoms with Gasteiger partial charge in [-0.3, -0.25) is 0 Å². The van der Waals surface area contributed by atoms with Gasteiger partial charge in [-0.05, 0) is 32.1 Å². The number of allylic oxidation sites excluding steroid dienone is 6. The first-order valence-electron chi connectivity index (χ1n) is 4.47. The first kappa shape index (κ1) is 8.32. The van der Waals surface area contributed by atoms with Crippen molar-refractivity contribution < 1.29 is 0 Å². The van der Waals surface area contributed by atoms with E-state index in [1.54, 1.807) is 0 Å². The minimum Gasteiger partial charge on any atom is -0.0885 e. The van der Waals surface area contributed by atoms with Crippen molar-refractivity contribution in [3.8, 4) is 0 Å². The summed E-state index contributed by atoms with van der Waals surface area (Å²) in [4.78, 5) is 0. The molecule has 0 heterocycles. The van der Waals surface area contributed by atoms with Crippen molar-refractivity contribution in [3.63, 3.8) is 0 Å². The van der Waals surface area contributed by atoms with Gasteiger partial charge in [-0.2, -0.15) is 0 Å². The quantitative estimate of drug-likeness (QED) is 0.460. The Hall–Kier alpha value is -0.780. The van der Waals surface area contributed by atoms with Crippen LogP contribution in [-0.4, -0.2) is 0 Å². The first-order chi connectivity index (χ1) is 5.50. The third-order valence-electron chi connectivity index (χ3n) is 1.79. The SMILES string of the molecule is C1=CCCC/C=C\C=C/CC1. The van der Waals surface area contributed by atoms with Gasteiger partial charge in [0.1, 0.15) is 0 Å². The summed E-state index contributed by atoms with van der Waals surface area (Å²) in [7, 11) is 0. The molecule has 60 valence electrons. The molecule has 0 aromatic heterocycles. The fraction of sp³-hybridized carbons (Fsp3) is 0.455. The Morgan fingerprint density at radius 2 is 1.09 bits per heavy atom. The highest BCUT2D eigenvalue weighted by Crippen LogP contribution is 2.02. The lowest BCUT2D eigenvalue weighted by Crippen LogP contribution is -1.68. The van der Waals surface area contributed by atoms with Gasteiger partial charge in [0.2, 0.25) is 0 Å². The highest BCUT2D eigenvalue weighted by Gasteiger charge is 1.82. The van der Waals surface area contributed by atoms with E-state index < -0.39 is 0 Å². The van der Waals surface area contributed by atoms with E-state index in [-0.39, 0.29) is 0 Å². The fourth-order valence-corrected chi connectivity index (χ4v) is 1.13. The molecule has 0 aromatic carbocycles. The van der Waals surface area contributed by atoms with Crippen LogP contribution < -0.4 is 0 Å². The lowest BCUT2D eigenvalue weighted by atomic mass is 10.2. The van der Waals surface area contributed by atoms with Gasteiger partial charge in [0, 0.05) is 0 Å². The summed E-state index contributed by atoms with van der Waals surface area (Å²) in [6.45, 7) is 0. The van der Waals surface area contributed by atoms with Gasteiger partial charge in [0.25, 0.3) is 0 Å². The first-order valence-corrected chi connectivity index (χ1v) is 4.47. The molecule has 0 atom stereocenters. The van der Waals surface area contributed by atoms with Gasteiger partial charge in [-0.25, -0.2) is 0 Å². The predicted molar refractivity (Wildman–Crippen MR) is 50.5 cm³/mol. The highest BCUT2D eigenvalue weighted by atomic mass is 13.9. The Bertz CT molecular complexity index is 161. The molecule has 0 heteroatoms. The Morgan fingerprint density at radius 1 is 0.545 bits per heavy atom. The molecule has 0 nitrogen and oxygen atoms in total. The van der Waals surface area contributed by atoms with Crippen LogP contribution in [0.1, 0.15) is 32.1 Å². The minimum atomic E-state index is 1.18. The van der Waals surface area contributed by atoms with E-state index in [4.69, 9.17) is 0 Å². The van der Waals surface area contributed by atoms with Crippen LogP contribution in [-0.2, 0) is 0 Å². The second kappa shape index (κ2) is 5.96. The van der Waals surface area contributed by atoms with Crippen LogP contribution in [0.2, 0.25) is 0 Å². The summed E-state index contributed by atoms with van der Waals surface area (Å²) in [6, 6.07) is 0. The second-order valence-electron chi connectivity index (χ2n) is 2.84. The molecule has 0 N–H and O–H groups in total. The molecule has 0 spiro atoms. The van der Waals surface area contributed by atoms with Crippen molar-refractivity contribution in [3.05, 3.63) is 36.5 Å². The Morgan fingerprint density at radius 3 is 2.00 bits per heavy atom. The zero-order chi connectivity index (χ0) is 7.78. The molecule has 0 unspecified atom stereocenters. The summed E-state index contributed by atoms with van der Waals surface area (Å²) >= 11 is 0. The van der Waals surface area contributed by atoms with Crippen LogP contribution in [0.3, 0.4) is 0 Å². The van der Waals surface area contributed by atoms with Crippen LogP contribution in [0.4, 0.5) is 0 Å². The van der Waals surface area contributed by atoms with E-state index in [1.165, 1.54) is 32.1 Å². The molecule has 1 rings (SSSR count). The molecule has 0 radical (unpaired) electrons. The smallest absolute Gasteiger partial charge is 0.0313 e. The summed E-state index contributed by atoms with van der Waals surface area (Å²) < 4.78 is 0. The lowest BCUT2D eigenvalue weighted by molar-refractivity contribution is 0.864. The molecule has 0 saturated carbocycles. The summed E-state index contributed by atoms with van der Waals surface area (Å²) in [5.74, 6) is 0. The van der Waals surface area contributed by atoms with Gasteiger partial charge in [0.15, 0.2) is 0 Å². The Kier molecular flexibility index (Phi) is 4.51. The zero-order valence-corrected chi connectivity index (χ0v) is 7.00. The van der Waals surface area contributed by atoms with Crippen LogP contribution >= 0.6 is 0 Å². The maximum atomic E-state index is 2.30. The normalized spacial score (nSPS) is 25.5. The topological polar surface area (TPSA) is 0 Å². The maximum Gasteiger partial charge on any atom is -0.0313 e. The highest BCUT2D eigenvalue weighted by molar-refractivity contribution is 5.03. The third-order valence-corrected chi connectivity index (χ3v) is 1.79. The van der Waals surface area contributed by atoms with E-state index in [0.29, 0.717) is 0 Å². The van der Waals surface area contributed by atoms with Gasteiger partial charge in [0.05, 0.1) is 0 Å². The van der Waals surface area contributed by atoms with Gasteiger partial charge in [-0.1, -0.05) is 36.5 Å². The average Bonchev–Trinajstić information content (AvgIpc) is 2.08. The summed E-state index contributed by atoms with van der Waals surface area (Å²) in [5, 5.41) is 0. The van der Waals surface area contributed by atoms with Gasteiger partial charge >= 0.3 is 0 Å². The van der Waals surface area contributed by atoms with E-state index in [1.807, 2.05) is 0 Å². The minimum absolute atomic E-state index is 1.18. The van der Waals surface area contributed by atoms with Gasteiger partial charge in [-0.15, -0.1) is 0 Å². The van der Waals surface area contributed by atoms with Crippen molar-refractivity contribution in [2.75, 3.05) is 0 Å². The number of hydrogen-bond acceptors (Lipinski definition) is 0. The van der Waals surface area contributed by atoms with Crippen molar-refractivity contribution in [2.24, 2.45) is 0 Å². The van der Waals surface area contributed by atoms with Crippen LogP contribution in [0.15, 0.2) is 36.5 Å². The zero-order valence-electron chi connectivity index (χ0n) is 7.00. The van der Waals surface area contributed by atoms with E-state index in [0.717, 1.165) is 0 Å². The van der Waals surface area contributed by atoms with Crippen molar-refractivity contribution in [2.45, 2.75) is 32.1 Å². The average molecular weight is 148 g/mol. The molecule has 0 saturated heterocycles. The Balaban J connectivity index is 2.34. The maximum absolute atomic E-state index is 2.30. The molecule has 0 amide bonds. The monoisotopic (exact) mass is 148 g/mol. The molecule has 0 fully saturated rings. The molecular weight excluding hydrogens is 132 g/mol. The summed E-state index contributed by atoms with van der Waals surface area (Å²) in [5.41, 5.74) is 0. The molecule has 0 aromatic rings. The summed E-state index contributed by atoms with van der Waals surface area (Å²) in [6.07, 6.45) is 19.5. The fourth-order valence-electron chi connectivity index (χ4n) is 1.13. The van der Waals surface area contributed by atoms with Crippen LogP contribution in [0, 0.1) is 0 Å². The Labute approximate surface area is 69.3 Å². The lowest BCUT2D eigenvalue weighted by Gasteiger charge is -1.88. The molecule has 0 bridgehead atoms. The predicted octanol–water partition coefficient (Wildman–Crippen LogP) is 3.62. The molecule has 11 heavy (non-hydrogen) atoms. The van der Waals surface area contributed by atoms with Crippen molar-refractivity contribution in [1.82, 2.24) is 0 Å². The number of hydrogen-bond donors (Lipinski definition) is 0. The second-order valence-corrected chi connectivity index (χ2v) is 2.84. The standard InChI is InChI=1S/C11H16/c1-2-4-6-8-10-11-9-7-5-3-1/h1-4,9,11H,5-8,10H2/b3-1-,4-2-,11-9?. The van der Waals surface area contributed by atoms with Crippen LogP contribution in [0.5, 0.6) is 0 Å². The van der Waals surface area contributed by atoms with E-state index >= 15 is 0 Å². The van der Waals surface area contributed by atoms with Crippen LogP contribution in [0.25, 0.3) is 0 Å². The third kappa shape index (κ3) is 4.60. The molecule has 1 aliphatic rings. The van der Waals surface area contributed by atoms with Crippen molar-refractivity contribution >= 4 is 0 Å². The number of rotatable bonds is 0. The van der Waals surface area contributed by atoms with E-state index in [2.05, 4.69) is 36.5 Å². The largest absolute Gasteiger partial charge is 0.0885 e. The van der Waals surface area contributed by atoms with Gasteiger partial charge < -0.3 is 0 Å². The van der Waals surface area contributed by atoms with Crippen molar-refractivity contribution in [1.29, 1.82) is 0 Å². The molecule has 1 aliphatic carbocycles. The molecule has 0 aliphatic heterocycles. The molecular formula is C11H16.